The highest BCUT2D eigenvalue weighted by Crippen LogP contribution is 2.28. The highest BCUT2D eigenvalue weighted by Gasteiger charge is 2.28. The zero-order valence-corrected chi connectivity index (χ0v) is 12.9. The maximum atomic E-state index is 11.8. The second-order valence-corrected chi connectivity index (χ2v) is 5.34. The van der Waals surface area contributed by atoms with Gasteiger partial charge in [0.25, 0.3) is 6.01 Å². The van der Waals surface area contributed by atoms with E-state index in [1.165, 1.54) is 0 Å². The highest BCUT2D eigenvalue weighted by molar-refractivity contribution is 5.76. The van der Waals surface area contributed by atoms with E-state index in [1.54, 1.807) is 7.11 Å². The lowest BCUT2D eigenvalue weighted by Crippen LogP contribution is -2.37. The summed E-state index contributed by atoms with van der Waals surface area (Å²) in [5.41, 5.74) is 1.52. The number of rotatable bonds is 4. The molecule has 1 aromatic heterocycles. The van der Waals surface area contributed by atoms with Crippen molar-refractivity contribution in [3.05, 3.63) is 18.2 Å². The SMILES string of the molecule is CCOC(=O)C1CCN(c2nc3cc(OC)ccc3o2)CC1. The van der Waals surface area contributed by atoms with Gasteiger partial charge in [0.15, 0.2) is 5.58 Å². The van der Waals surface area contributed by atoms with Gasteiger partial charge in [-0.1, -0.05) is 0 Å². The van der Waals surface area contributed by atoms with Crippen LogP contribution in [0.15, 0.2) is 22.6 Å². The van der Waals surface area contributed by atoms with Crippen molar-refractivity contribution in [2.45, 2.75) is 19.8 Å². The zero-order chi connectivity index (χ0) is 15.5. The van der Waals surface area contributed by atoms with Crippen LogP contribution in [-0.2, 0) is 9.53 Å². The Bertz CT molecular complexity index is 659. The number of ether oxygens (including phenoxy) is 2. The maximum Gasteiger partial charge on any atom is 0.309 e. The van der Waals surface area contributed by atoms with Crippen LogP contribution in [-0.4, -0.2) is 37.8 Å². The molecule has 0 aliphatic carbocycles. The van der Waals surface area contributed by atoms with E-state index < -0.39 is 0 Å². The van der Waals surface area contributed by atoms with Gasteiger partial charge in [-0.2, -0.15) is 4.98 Å². The number of hydrogen-bond donors (Lipinski definition) is 0. The molecule has 3 rings (SSSR count). The van der Waals surface area contributed by atoms with Gasteiger partial charge in [-0.25, -0.2) is 0 Å². The number of fused-ring (bicyclic) bond motifs is 1. The summed E-state index contributed by atoms with van der Waals surface area (Å²) in [7, 11) is 1.63. The van der Waals surface area contributed by atoms with Gasteiger partial charge in [0.1, 0.15) is 11.3 Å². The lowest BCUT2D eigenvalue weighted by atomic mass is 9.97. The number of esters is 1. The van der Waals surface area contributed by atoms with Crippen molar-refractivity contribution in [2.75, 3.05) is 31.7 Å². The number of anilines is 1. The van der Waals surface area contributed by atoms with Gasteiger partial charge < -0.3 is 18.8 Å². The van der Waals surface area contributed by atoms with Crippen LogP contribution in [0.4, 0.5) is 6.01 Å². The lowest BCUT2D eigenvalue weighted by Gasteiger charge is -2.29. The van der Waals surface area contributed by atoms with Gasteiger partial charge in [-0.15, -0.1) is 0 Å². The molecule has 0 amide bonds. The molecule has 0 radical (unpaired) electrons. The predicted octanol–water partition coefficient (Wildman–Crippen LogP) is 2.62. The van der Waals surface area contributed by atoms with Gasteiger partial charge in [0.2, 0.25) is 0 Å². The van der Waals surface area contributed by atoms with Gasteiger partial charge in [-0.3, -0.25) is 4.79 Å². The van der Waals surface area contributed by atoms with E-state index in [1.807, 2.05) is 25.1 Å². The average Bonchev–Trinajstić information content (AvgIpc) is 2.98. The topological polar surface area (TPSA) is 64.8 Å². The van der Waals surface area contributed by atoms with E-state index in [2.05, 4.69) is 9.88 Å². The van der Waals surface area contributed by atoms with Crippen LogP contribution in [0.5, 0.6) is 5.75 Å². The van der Waals surface area contributed by atoms with Crippen molar-refractivity contribution in [1.29, 1.82) is 0 Å². The molecule has 0 spiro atoms. The van der Waals surface area contributed by atoms with E-state index in [0.29, 0.717) is 12.6 Å². The number of carbonyl (C=O) groups is 1. The summed E-state index contributed by atoms with van der Waals surface area (Å²) in [5, 5.41) is 0. The van der Waals surface area contributed by atoms with Crippen LogP contribution in [0.2, 0.25) is 0 Å². The van der Waals surface area contributed by atoms with Crippen LogP contribution in [0, 0.1) is 5.92 Å². The first-order valence-corrected chi connectivity index (χ1v) is 7.57. The predicted molar refractivity (Wildman–Crippen MR) is 82.1 cm³/mol. The van der Waals surface area contributed by atoms with Crippen LogP contribution in [0.25, 0.3) is 11.1 Å². The molecule has 1 aromatic carbocycles. The summed E-state index contributed by atoms with van der Waals surface area (Å²) in [4.78, 5) is 18.3. The third-order valence-electron chi connectivity index (χ3n) is 3.97. The second-order valence-electron chi connectivity index (χ2n) is 5.34. The molecule has 2 aromatic rings. The molecule has 1 aliphatic rings. The molecule has 1 aliphatic heterocycles. The molecule has 118 valence electrons. The second kappa shape index (κ2) is 6.25. The summed E-state index contributed by atoms with van der Waals surface area (Å²) in [6.07, 6.45) is 1.53. The molecule has 22 heavy (non-hydrogen) atoms. The van der Waals surface area contributed by atoms with Crippen LogP contribution < -0.4 is 9.64 Å². The van der Waals surface area contributed by atoms with Crippen molar-refractivity contribution in [1.82, 2.24) is 4.98 Å². The largest absolute Gasteiger partial charge is 0.497 e. The summed E-state index contributed by atoms with van der Waals surface area (Å²) < 4.78 is 16.1. The van der Waals surface area contributed by atoms with Crippen molar-refractivity contribution in [3.63, 3.8) is 0 Å². The molecule has 2 heterocycles. The minimum Gasteiger partial charge on any atom is -0.497 e. The van der Waals surface area contributed by atoms with Gasteiger partial charge in [-0.05, 0) is 31.9 Å². The Kier molecular flexibility index (Phi) is 4.18. The molecule has 0 unspecified atom stereocenters. The normalized spacial score (nSPS) is 16.0. The van der Waals surface area contributed by atoms with Gasteiger partial charge >= 0.3 is 5.97 Å². The zero-order valence-electron chi connectivity index (χ0n) is 12.9. The summed E-state index contributed by atoms with van der Waals surface area (Å²) in [6, 6.07) is 6.17. The Hall–Kier alpha value is -2.24. The fourth-order valence-electron chi connectivity index (χ4n) is 2.72. The summed E-state index contributed by atoms with van der Waals surface area (Å²) >= 11 is 0. The molecular formula is C16H20N2O4. The number of methoxy groups -OCH3 is 1. The van der Waals surface area contributed by atoms with Gasteiger partial charge in [0, 0.05) is 19.2 Å². The van der Waals surface area contributed by atoms with E-state index in [4.69, 9.17) is 13.9 Å². The molecule has 0 atom stereocenters. The van der Waals surface area contributed by atoms with E-state index in [0.717, 1.165) is 42.8 Å². The minimum absolute atomic E-state index is 0.0133. The average molecular weight is 304 g/mol. The van der Waals surface area contributed by atoms with Crippen LogP contribution >= 0.6 is 0 Å². The van der Waals surface area contributed by atoms with Crippen molar-refractivity contribution >= 4 is 23.1 Å². The summed E-state index contributed by atoms with van der Waals surface area (Å²) in [5.74, 6) is 0.651. The Morgan fingerprint density at radius 2 is 2.18 bits per heavy atom. The van der Waals surface area contributed by atoms with Gasteiger partial charge in [0.05, 0.1) is 19.6 Å². The quantitative estimate of drug-likeness (QED) is 0.809. The number of aromatic nitrogens is 1. The minimum atomic E-state index is -0.0931. The first-order valence-electron chi connectivity index (χ1n) is 7.57. The first kappa shape index (κ1) is 14.7. The number of carbonyl (C=O) groups excluding carboxylic acids is 1. The van der Waals surface area contributed by atoms with Crippen molar-refractivity contribution < 1.29 is 18.7 Å². The fourth-order valence-corrected chi connectivity index (χ4v) is 2.72. The maximum absolute atomic E-state index is 11.8. The lowest BCUT2D eigenvalue weighted by molar-refractivity contribution is -0.148. The standard InChI is InChI=1S/C16H20N2O4/c1-3-21-15(19)11-6-8-18(9-7-11)16-17-13-10-12(20-2)4-5-14(13)22-16/h4-5,10-11H,3,6-9H2,1-2H3. The molecule has 0 bridgehead atoms. The highest BCUT2D eigenvalue weighted by atomic mass is 16.5. The molecular weight excluding hydrogens is 284 g/mol. The molecule has 0 N–H and O–H groups in total. The molecule has 0 saturated carbocycles. The van der Waals surface area contributed by atoms with Crippen LogP contribution in [0.1, 0.15) is 19.8 Å². The Morgan fingerprint density at radius 1 is 1.41 bits per heavy atom. The Labute approximate surface area is 129 Å². The van der Waals surface area contributed by atoms with Crippen molar-refractivity contribution in [2.24, 2.45) is 5.92 Å². The summed E-state index contributed by atoms with van der Waals surface area (Å²) in [6.45, 7) is 3.76. The monoisotopic (exact) mass is 304 g/mol. The fraction of sp³-hybridized carbons (Fsp3) is 0.500. The third-order valence-corrected chi connectivity index (χ3v) is 3.97. The number of hydrogen-bond acceptors (Lipinski definition) is 6. The number of benzene rings is 1. The first-order chi connectivity index (χ1) is 10.7. The molecule has 6 heteroatoms. The Morgan fingerprint density at radius 3 is 2.86 bits per heavy atom. The number of nitrogens with zero attached hydrogens (tertiary/aromatic N) is 2. The molecule has 6 nitrogen and oxygen atoms in total. The smallest absolute Gasteiger partial charge is 0.309 e. The molecule has 1 fully saturated rings. The Balaban J connectivity index is 1.69. The van der Waals surface area contributed by atoms with E-state index in [9.17, 15) is 4.79 Å². The van der Waals surface area contributed by atoms with E-state index >= 15 is 0 Å². The number of piperidine rings is 1. The van der Waals surface area contributed by atoms with Crippen molar-refractivity contribution in [3.8, 4) is 5.75 Å². The van der Waals surface area contributed by atoms with E-state index in [-0.39, 0.29) is 11.9 Å². The molecule has 1 saturated heterocycles. The van der Waals surface area contributed by atoms with Crippen LogP contribution in [0.3, 0.4) is 0 Å². The third kappa shape index (κ3) is 2.86. The number of oxazole rings is 1.